The highest BCUT2D eigenvalue weighted by Crippen LogP contribution is 2.34. The van der Waals surface area contributed by atoms with Crippen LogP contribution in [-0.4, -0.2) is 17.8 Å². The second-order valence-corrected chi connectivity index (χ2v) is 7.33. The first-order valence-electron chi connectivity index (χ1n) is 10.5. The first-order chi connectivity index (χ1) is 16.3. The van der Waals surface area contributed by atoms with Crippen molar-refractivity contribution < 1.29 is 32.5 Å². The van der Waals surface area contributed by atoms with E-state index in [1.54, 1.807) is 61.5 Å². The maximum atomic E-state index is 13.5. The minimum absolute atomic E-state index is 0.00264. The van der Waals surface area contributed by atoms with Crippen LogP contribution in [0.25, 0.3) is 6.08 Å². The lowest BCUT2D eigenvalue weighted by atomic mass is 9.98. The van der Waals surface area contributed by atoms with Gasteiger partial charge in [0.25, 0.3) is 0 Å². The van der Waals surface area contributed by atoms with Crippen LogP contribution in [0, 0.1) is 0 Å². The van der Waals surface area contributed by atoms with Crippen LogP contribution in [0.15, 0.2) is 79.1 Å². The number of carboxylic acid groups (broad SMARTS) is 1. The largest absolute Gasteiger partial charge is 0.501 e. The molecule has 8 heteroatoms. The number of hydrogen-bond donors (Lipinski definition) is 2. The van der Waals surface area contributed by atoms with Gasteiger partial charge in [0.2, 0.25) is 0 Å². The molecule has 3 aromatic rings. The third-order valence-electron chi connectivity index (χ3n) is 4.93. The van der Waals surface area contributed by atoms with Crippen LogP contribution in [0.4, 0.5) is 18.0 Å². The Labute approximate surface area is 195 Å². The molecule has 0 bridgehead atoms. The third-order valence-corrected chi connectivity index (χ3v) is 4.93. The van der Waals surface area contributed by atoms with E-state index in [4.69, 9.17) is 9.47 Å². The van der Waals surface area contributed by atoms with Gasteiger partial charge in [0.1, 0.15) is 12.4 Å². The number of alkyl halides is 3. The lowest BCUT2D eigenvalue weighted by Crippen LogP contribution is -2.27. The fourth-order valence-corrected chi connectivity index (χ4v) is 3.38. The number of rotatable bonds is 9. The summed E-state index contributed by atoms with van der Waals surface area (Å²) >= 11 is 0. The number of hydrogen-bond acceptors (Lipinski definition) is 3. The molecule has 178 valence electrons. The monoisotopic (exact) mass is 471 g/mol. The molecular formula is C26H24F3NO4. The summed E-state index contributed by atoms with van der Waals surface area (Å²) in [6, 6.07) is 19.2. The quantitative estimate of drug-likeness (QED) is 0.343. The van der Waals surface area contributed by atoms with E-state index in [-0.39, 0.29) is 12.2 Å². The van der Waals surface area contributed by atoms with E-state index in [9.17, 15) is 23.1 Å². The van der Waals surface area contributed by atoms with Crippen molar-refractivity contribution in [3.63, 3.8) is 0 Å². The van der Waals surface area contributed by atoms with Gasteiger partial charge in [0, 0.05) is 0 Å². The number of carbonyl (C=O) groups is 1. The van der Waals surface area contributed by atoms with Crippen molar-refractivity contribution in [2.45, 2.75) is 25.7 Å². The second kappa shape index (κ2) is 11.3. The zero-order valence-electron chi connectivity index (χ0n) is 18.4. The van der Waals surface area contributed by atoms with E-state index in [0.717, 1.165) is 11.6 Å². The third kappa shape index (κ3) is 6.78. The van der Waals surface area contributed by atoms with Gasteiger partial charge >= 0.3 is 12.3 Å². The standard InChI is InChI=1S/C26H24F3NO4/c1-2-33-14-13-19-12-11-18(15-23(19)26(27,28)29)17-34-22-10-6-9-21(16-22)24(30-25(31)32)20-7-4-3-5-8-20/h3-16,24,30H,2,17H2,1H3,(H,31,32). The fraction of sp³-hybridized carbons (Fsp3) is 0.192. The Kier molecular flexibility index (Phi) is 8.19. The molecule has 0 aromatic heterocycles. The molecule has 0 aliphatic carbocycles. The van der Waals surface area contributed by atoms with Gasteiger partial charge in [-0.05, 0) is 53.5 Å². The topological polar surface area (TPSA) is 67.8 Å². The van der Waals surface area contributed by atoms with Crippen molar-refractivity contribution in [1.29, 1.82) is 0 Å². The summed E-state index contributed by atoms with van der Waals surface area (Å²) in [5.74, 6) is 0.402. The Morgan fingerprint density at radius 1 is 1.03 bits per heavy atom. The van der Waals surface area contributed by atoms with E-state index in [2.05, 4.69) is 5.32 Å². The lowest BCUT2D eigenvalue weighted by molar-refractivity contribution is -0.137. The summed E-state index contributed by atoms with van der Waals surface area (Å²) in [6.07, 6.45) is -3.20. The summed E-state index contributed by atoms with van der Waals surface area (Å²) in [7, 11) is 0. The molecule has 3 aromatic carbocycles. The fourth-order valence-electron chi connectivity index (χ4n) is 3.38. The van der Waals surface area contributed by atoms with Crippen LogP contribution in [0.1, 0.15) is 40.8 Å². The van der Waals surface area contributed by atoms with E-state index in [1.165, 1.54) is 18.4 Å². The molecule has 0 heterocycles. The van der Waals surface area contributed by atoms with Gasteiger partial charge < -0.3 is 19.9 Å². The molecule has 0 radical (unpaired) electrons. The van der Waals surface area contributed by atoms with Gasteiger partial charge in [-0.25, -0.2) is 4.79 Å². The number of benzene rings is 3. The van der Waals surface area contributed by atoms with Crippen LogP contribution in [0.2, 0.25) is 0 Å². The van der Waals surface area contributed by atoms with Gasteiger partial charge in [-0.1, -0.05) is 54.6 Å². The molecular weight excluding hydrogens is 447 g/mol. The number of amides is 1. The summed E-state index contributed by atoms with van der Waals surface area (Å²) in [5, 5.41) is 11.7. The predicted molar refractivity (Wildman–Crippen MR) is 122 cm³/mol. The highest BCUT2D eigenvalue weighted by molar-refractivity contribution is 5.66. The van der Waals surface area contributed by atoms with Crippen LogP contribution in [0.5, 0.6) is 5.75 Å². The van der Waals surface area contributed by atoms with Crippen molar-refractivity contribution in [3.8, 4) is 5.75 Å². The molecule has 0 aliphatic heterocycles. The maximum Gasteiger partial charge on any atom is 0.416 e. The van der Waals surface area contributed by atoms with Crippen LogP contribution in [-0.2, 0) is 17.5 Å². The zero-order valence-corrected chi connectivity index (χ0v) is 18.4. The molecule has 1 amide bonds. The Morgan fingerprint density at radius 3 is 2.44 bits per heavy atom. The van der Waals surface area contributed by atoms with Crippen molar-refractivity contribution in [2.24, 2.45) is 0 Å². The number of halogens is 3. The van der Waals surface area contributed by atoms with Gasteiger partial charge in [-0.2, -0.15) is 13.2 Å². The highest BCUT2D eigenvalue weighted by Gasteiger charge is 2.33. The first-order valence-corrected chi connectivity index (χ1v) is 10.5. The second-order valence-electron chi connectivity index (χ2n) is 7.33. The van der Waals surface area contributed by atoms with E-state index in [1.807, 2.05) is 6.07 Å². The molecule has 1 unspecified atom stereocenters. The highest BCUT2D eigenvalue weighted by atomic mass is 19.4. The van der Waals surface area contributed by atoms with Gasteiger partial charge in [0.15, 0.2) is 0 Å². The molecule has 0 spiro atoms. The Hall–Kier alpha value is -3.94. The summed E-state index contributed by atoms with van der Waals surface area (Å²) < 4.78 is 51.4. The zero-order chi connectivity index (χ0) is 24.6. The predicted octanol–water partition coefficient (Wildman–Crippen LogP) is 6.65. The SMILES string of the molecule is CCOC=Cc1ccc(COc2cccc(C(NC(=O)O)c3ccccc3)c2)cc1C(F)(F)F. The summed E-state index contributed by atoms with van der Waals surface area (Å²) in [5.41, 5.74) is 0.936. The molecule has 3 rings (SSSR count). The lowest BCUT2D eigenvalue weighted by Gasteiger charge is -2.19. The molecule has 34 heavy (non-hydrogen) atoms. The van der Waals surface area contributed by atoms with Gasteiger partial charge in [0.05, 0.1) is 24.5 Å². The minimum atomic E-state index is -4.53. The molecule has 2 N–H and O–H groups in total. The smallest absolute Gasteiger partial charge is 0.416 e. The number of nitrogens with one attached hydrogen (secondary N) is 1. The van der Waals surface area contributed by atoms with Gasteiger partial charge in [-0.15, -0.1) is 0 Å². The normalized spacial score (nSPS) is 12.4. The van der Waals surface area contributed by atoms with E-state index < -0.39 is 23.9 Å². The van der Waals surface area contributed by atoms with Crippen molar-refractivity contribution in [1.82, 2.24) is 5.32 Å². The van der Waals surface area contributed by atoms with Crippen LogP contribution < -0.4 is 10.1 Å². The van der Waals surface area contributed by atoms with Gasteiger partial charge in [-0.3, -0.25) is 0 Å². The maximum absolute atomic E-state index is 13.5. The average molecular weight is 471 g/mol. The number of ether oxygens (including phenoxy) is 2. The molecule has 1 atom stereocenters. The van der Waals surface area contributed by atoms with E-state index >= 15 is 0 Å². The minimum Gasteiger partial charge on any atom is -0.501 e. The van der Waals surface area contributed by atoms with Crippen molar-refractivity contribution >= 4 is 12.2 Å². The summed E-state index contributed by atoms with van der Waals surface area (Å²) in [6.45, 7) is 2.00. The molecule has 0 saturated carbocycles. The average Bonchev–Trinajstić information content (AvgIpc) is 2.82. The Morgan fingerprint density at radius 2 is 1.76 bits per heavy atom. The molecule has 0 saturated heterocycles. The Balaban J connectivity index is 1.81. The molecule has 0 aliphatic rings. The molecule has 5 nitrogen and oxygen atoms in total. The van der Waals surface area contributed by atoms with E-state index in [0.29, 0.717) is 23.5 Å². The van der Waals surface area contributed by atoms with Crippen LogP contribution >= 0.6 is 0 Å². The van der Waals surface area contributed by atoms with Crippen molar-refractivity contribution in [2.75, 3.05) is 6.61 Å². The van der Waals surface area contributed by atoms with Crippen molar-refractivity contribution in [3.05, 3.63) is 107 Å². The summed E-state index contributed by atoms with van der Waals surface area (Å²) in [4.78, 5) is 11.3. The Bertz CT molecular complexity index is 1130. The first kappa shape index (κ1) is 24.7. The molecule has 0 fully saturated rings. The van der Waals surface area contributed by atoms with Crippen LogP contribution in [0.3, 0.4) is 0 Å².